The van der Waals surface area contributed by atoms with Crippen LogP contribution in [-0.4, -0.2) is 28.8 Å². The third-order valence-corrected chi connectivity index (χ3v) is 2.00. The minimum Gasteiger partial charge on any atom is -0.379 e. The van der Waals surface area contributed by atoms with Crippen molar-refractivity contribution in [1.82, 2.24) is 9.88 Å². The number of nitrogens with zero attached hydrogens (tertiary/aromatic N) is 1. The van der Waals surface area contributed by atoms with Crippen LogP contribution in [0.5, 0.6) is 0 Å². The van der Waals surface area contributed by atoms with E-state index in [1.807, 2.05) is 0 Å². The van der Waals surface area contributed by atoms with E-state index in [1.54, 1.807) is 0 Å². The van der Waals surface area contributed by atoms with Crippen molar-refractivity contribution in [2.75, 3.05) is 7.05 Å². The lowest BCUT2D eigenvalue weighted by molar-refractivity contribution is -0.206. The summed E-state index contributed by atoms with van der Waals surface area (Å²) in [5.41, 5.74) is -0.281. The molecule has 1 aromatic rings. The SMILES string of the molecule is CNC(=O)Cn1ccc(C(O)C(F)(F)F)c1. The van der Waals surface area contributed by atoms with E-state index in [-0.39, 0.29) is 18.0 Å². The smallest absolute Gasteiger partial charge is 0.379 e. The Labute approximate surface area is 89.7 Å². The van der Waals surface area contributed by atoms with Gasteiger partial charge in [0, 0.05) is 25.0 Å². The first-order valence-electron chi connectivity index (χ1n) is 4.45. The van der Waals surface area contributed by atoms with E-state index in [2.05, 4.69) is 5.32 Å². The van der Waals surface area contributed by atoms with Crippen LogP contribution in [0.4, 0.5) is 13.2 Å². The Morgan fingerprint density at radius 1 is 1.62 bits per heavy atom. The number of aromatic nitrogens is 1. The van der Waals surface area contributed by atoms with Gasteiger partial charge in [-0.3, -0.25) is 4.79 Å². The van der Waals surface area contributed by atoms with Gasteiger partial charge in [0.15, 0.2) is 6.10 Å². The van der Waals surface area contributed by atoms with E-state index in [9.17, 15) is 18.0 Å². The number of likely N-dealkylation sites (N-methyl/N-ethyl adjacent to an activating group) is 1. The summed E-state index contributed by atoms with van der Waals surface area (Å²) in [5, 5.41) is 11.3. The third kappa shape index (κ3) is 2.99. The minimum atomic E-state index is -4.70. The normalized spacial score (nSPS) is 13.6. The molecule has 16 heavy (non-hydrogen) atoms. The van der Waals surface area contributed by atoms with Gasteiger partial charge in [-0.15, -0.1) is 0 Å². The number of aliphatic hydroxyl groups is 1. The molecule has 0 aliphatic heterocycles. The average Bonchev–Trinajstić information content (AvgIpc) is 2.63. The van der Waals surface area contributed by atoms with Gasteiger partial charge in [-0.25, -0.2) is 0 Å². The van der Waals surface area contributed by atoms with E-state index in [0.717, 1.165) is 12.3 Å². The zero-order chi connectivity index (χ0) is 12.3. The summed E-state index contributed by atoms with van der Waals surface area (Å²) in [6.07, 6.45) is -4.81. The van der Waals surface area contributed by atoms with Gasteiger partial charge in [0.25, 0.3) is 0 Å². The number of amides is 1. The second kappa shape index (κ2) is 4.56. The average molecular weight is 236 g/mol. The molecule has 2 N–H and O–H groups in total. The van der Waals surface area contributed by atoms with Crippen molar-refractivity contribution in [1.29, 1.82) is 0 Å². The largest absolute Gasteiger partial charge is 0.418 e. The molecule has 4 nitrogen and oxygen atoms in total. The quantitative estimate of drug-likeness (QED) is 0.816. The Hall–Kier alpha value is -1.50. The molecule has 0 aliphatic carbocycles. The number of carbonyl (C=O) groups is 1. The van der Waals surface area contributed by atoms with Gasteiger partial charge in [0.05, 0.1) is 0 Å². The molecule has 0 aliphatic rings. The van der Waals surface area contributed by atoms with Crippen LogP contribution in [0.2, 0.25) is 0 Å². The number of aliphatic hydroxyl groups excluding tert-OH is 1. The number of hydrogen-bond donors (Lipinski definition) is 2. The summed E-state index contributed by atoms with van der Waals surface area (Å²) in [5.74, 6) is -0.330. The first-order valence-corrected chi connectivity index (χ1v) is 4.45. The molecule has 1 rings (SSSR count). The minimum absolute atomic E-state index is 0.0823. The van der Waals surface area contributed by atoms with Crippen molar-refractivity contribution < 1.29 is 23.1 Å². The molecule has 0 saturated heterocycles. The fourth-order valence-electron chi connectivity index (χ4n) is 1.15. The van der Waals surface area contributed by atoms with Gasteiger partial charge in [-0.05, 0) is 6.07 Å². The Balaban J connectivity index is 2.75. The highest BCUT2D eigenvalue weighted by atomic mass is 19.4. The van der Waals surface area contributed by atoms with Crippen LogP contribution >= 0.6 is 0 Å². The molecule has 1 unspecified atom stereocenters. The van der Waals surface area contributed by atoms with Gasteiger partial charge >= 0.3 is 6.18 Å². The second-order valence-electron chi connectivity index (χ2n) is 3.23. The number of hydrogen-bond acceptors (Lipinski definition) is 2. The van der Waals surface area contributed by atoms with Crippen molar-refractivity contribution in [3.8, 4) is 0 Å². The van der Waals surface area contributed by atoms with Crippen molar-refractivity contribution in [3.05, 3.63) is 24.0 Å². The fourth-order valence-corrected chi connectivity index (χ4v) is 1.15. The second-order valence-corrected chi connectivity index (χ2v) is 3.23. The molecule has 1 heterocycles. The molecular weight excluding hydrogens is 225 g/mol. The third-order valence-electron chi connectivity index (χ3n) is 2.00. The molecule has 0 saturated carbocycles. The Morgan fingerprint density at radius 2 is 2.25 bits per heavy atom. The number of carbonyl (C=O) groups excluding carboxylic acids is 1. The molecular formula is C9H11F3N2O2. The highest BCUT2D eigenvalue weighted by Crippen LogP contribution is 2.32. The van der Waals surface area contributed by atoms with Crippen LogP contribution in [0.1, 0.15) is 11.7 Å². The maximum Gasteiger partial charge on any atom is 0.418 e. The van der Waals surface area contributed by atoms with Gasteiger partial charge in [0.2, 0.25) is 5.91 Å². The van der Waals surface area contributed by atoms with E-state index in [1.165, 1.54) is 17.8 Å². The lowest BCUT2D eigenvalue weighted by atomic mass is 10.2. The molecule has 0 aromatic carbocycles. The van der Waals surface area contributed by atoms with E-state index >= 15 is 0 Å². The lowest BCUT2D eigenvalue weighted by Gasteiger charge is -2.12. The fraction of sp³-hybridized carbons (Fsp3) is 0.444. The van der Waals surface area contributed by atoms with Crippen molar-refractivity contribution in [3.63, 3.8) is 0 Å². The number of nitrogens with one attached hydrogen (secondary N) is 1. The van der Waals surface area contributed by atoms with E-state index in [4.69, 9.17) is 5.11 Å². The monoisotopic (exact) mass is 236 g/mol. The molecule has 0 bridgehead atoms. The number of alkyl halides is 3. The Morgan fingerprint density at radius 3 is 2.75 bits per heavy atom. The van der Waals surface area contributed by atoms with Gasteiger partial charge in [-0.1, -0.05) is 0 Å². The summed E-state index contributed by atoms with van der Waals surface area (Å²) in [4.78, 5) is 10.9. The lowest BCUT2D eigenvalue weighted by Crippen LogP contribution is -2.23. The van der Waals surface area contributed by atoms with E-state index < -0.39 is 12.3 Å². The van der Waals surface area contributed by atoms with Crippen molar-refractivity contribution >= 4 is 5.91 Å². The molecule has 0 radical (unpaired) electrons. The summed E-state index contributed by atoms with van der Waals surface area (Å²) in [6, 6.07) is 1.13. The maximum absolute atomic E-state index is 12.1. The van der Waals surface area contributed by atoms with Crippen LogP contribution in [0.25, 0.3) is 0 Å². The Bertz CT molecular complexity index is 373. The molecule has 7 heteroatoms. The van der Waals surface area contributed by atoms with Crippen LogP contribution in [-0.2, 0) is 11.3 Å². The van der Waals surface area contributed by atoms with Crippen molar-refractivity contribution in [2.24, 2.45) is 0 Å². The van der Waals surface area contributed by atoms with E-state index in [0.29, 0.717) is 0 Å². The first kappa shape index (κ1) is 12.6. The van der Waals surface area contributed by atoms with Crippen LogP contribution in [0.3, 0.4) is 0 Å². The highest BCUT2D eigenvalue weighted by molar-refractivity contribution is 5.75. The topological polar surface area (TPSA) is 54.3 Å². The van der Waals surface area contributed by atoms with Crippen LogP contribution in [0.15, 0.2) is 18.5 Å². The summed E-state index contributed by atoms with van der Waals surface area (Å²) < 4.78 is 37.7. The molecule has 1 aromatic heterocycles. The predicted molar refractivity (Wildman–Crippen MR) is 49.5 cm³/mol. The molecule has 90 valence electrons. The van der Waals surface area contributed by atoms with Crippen LogP contribution in [0, 0.1) is 0 Å². The van der Waals surface area contributed by atoms with Gasteiger partial charge in [0.1, 0.15) is 6.54 Å². The first-order chi connectivity index (χ1) is 7.34. The number of halogens is 3. The zero-order valence-corrected chi connectivity index (χ0v) is 8.45. The summed E-state index contributed by atoms with van der Waals surface area (Å²) in [7, 11) is 1.43. The van der Waals surface area contributed by atoms with Gasteiger partial charge in [-0.2, -0.15) is 13.2 Å². The van der Waals surface area contributed by atoms with Gasteiger partial charge < -0.3 is 15.0 Å². The summed E-state index contributed by atoms with van der Waals surface area (Å²) >= 11 is 0. The molecule has 0 fully saturated rings. The molecule has 1 amide bonds. The highest BCUT2D eigenvalue weighted by Gasteiger charge is 2.39. The molecule has 1 atom stereocenters. The summed E-state index contributed by atoms with van der Waals surface area (Å²) in [6.45, 7) is -0.0823. The zero-order valence-electron chi connectivity index (χ0n) is 8.45. The number of rotatable bonds is 3. The maximum atomic E-state index is 12.1. The predicted octanol–water partition coefficient (Wildman–Crippen LogP) is 0.830. The Kier molecular flexibility index (Phi) is 3.58. The van der Waals surface area contributed by atoms with Crippen molar-refractivity contribution in [2.45, 2.75) is 18.8 Å². The van der Waals surface area contributed by atoms with Crippen LogP contribution < -0.4 is 5.32 Å². The standard InChI is InChI=1S/C9H11F3N2O2/c1-13-7(15)5-14-3-2-6(4-14)8(16)9(10,11)12/h2-4,8,16H,5H2,1H3,(H,13,15). The molecule has 0 spiro atoms.